The van der Waals surface area contributed by atoms with Crippen molar-refractivity contribution in [2.75, 3.05) is 12.4 Å². The molecular weight excluding hydrogens is 280 g/mol. The highest BCUT2D eigenvalue weighted by molar-refractivity contribution is 5.87. The second-order valence-electron chi connectivity index (χ2n) is 4.31. The van der Waals surface area contributed by atoms with E-state index in [0.717, 1.165) is 6.07 Å². The lowest BCUT2D eigenvalue weighted by molar-refractivity contribution is 0.0696. The molecule has 0 aromatic heterocycles. The number of aromatic carboxylic acids is 1. The van der Waals surface area contributed by atoms with Gasteiger partial charge < -0.3 is 15.2 Å². The highest BCUT2D eigenvalue weighted by Crippen LogP contribution is 2.25. The van der Waals surface area contributed by atoms with Crippen LogP contribution in [0.4, 0.5) is 14.5 Å². The number of carboxylic acids is 1. The summed E-state index contributed by atoms with van der Waals surface area (Å²) in [7, 11) is 1.39. The minimum atomic E-state index is -1.13. The number of methoxy groups -OCH3 is 1. The molecular formula is C15H13F2NO3. The van der Waals surface area contributed by atoms with Gasteiger partial charge >= 0.3 is 5.97 Å². The van der Waals surface area contributed by atoms with Crippen LogP contribution >= 0.6 is 0 Å². The zero-order valence-electron chi connectivity index (χ0n) is 11.2. The summed E-state index contributed by atoms with van der Waals surface area (Å²) >= 11 is 0. The lowest BCUT2D eigenvalue weighted by Gasteiger charge is -2.12. The van der Waals surface area contributed by atoms with Gasteiger partial charge in [0.2, 0.25) is 0 Å². The molecule has 2 aromatic carbocycles. The largest absolute Gasteiger partial charge is 0.494 e. The summed E-state index contributed by atoms with van der Waals surface area (Å²) in [6.45, 7) is 0.0505. The van der Waals surface area contributed by atoms with Crippen LogP contribution in [0.3, 0.4) is 0 Å². The third-order valence-electron chi connectivity index (χ3n) is 2.93. The highest BCUT2D eigenvalue weighted by atomic mass is 19.1. The van der Waals surface area contributed by atoms with E-state index in [2.05, 4.69) is 5.32 Å². The van der Waals surface area contributed by atoms with E-state index in [1.807, 2.05) is 0 Å². The van der Waals surface area contributed by atoms with Gasteiger partial charge in [-0.3, -0.25) is 0 Å². The van der Waals surface area contributed by atoms with Crippen LogP contribution in [-0.4, -0.2) is 18.2 Å². The number of benzene rings is 2. The van der Waals surface area contributed by atoms with Crippen LogP contribution in [0.15, 0.2) is 36.4 Å². The summed E-state index contributed by atoms with van der Waals surface area (Å²) in [6, 6.07) is 7.46. The van der Waals surface area contributed by atoms with Gasteiger partial charge in [0, 0.05) is 18.2 Å². The van der Waals surface area contributed by atoms with E-state index >= 15 is 0 Å². The molecule has 0 aliphatic rings. The second kappa shape index (κ2) is 6.21. The SMILES string of the molecule is COc1cc(F)ccc1NCc1cc(C(=O)O)ccc1F. The molecule has 2 rings (SSSR count). The molecule has 0 fully saturated rings. The Hall–Kier alpha value is -2.63. The molecule has 0 saturated heterocycles. The van der Waals surface area contributed by atoms with Crippen molar-refractivity contribution in [1.29, 1.82) is 0 Å². The first-order chi connectivity index (χ1) is 10.0. The highest BCUT2D eigenvalue weighted by Gasteiger charge is 2.10. The van der Waals surface area contributed by atoms with Crippen molar-refractivity contribution in [3.05, 3.63) is 59.2 Å². The van der Waals surface area contributed by atoms with Gasteiger partial charge in [0.15, 0.2) is 0 Å². The maximum absolute atomic E-state index is 13.7. The molecule has 21 heavy (non-hydrogen) atoms. The maximum atomic E-state index is 13.7. The van der Waals surface area contributed by atoms with E-state index in [9.17, 15) is 13.6 Å². The van der Waals surface area contributed by atoms with Crippen LogP contribution in [-0.2, 0) is 6.54 Å². The molecule has 2 N–H and O–H groups in total. The molecule has 0 saturated carbocycles. The van der Waals surface area contributed by atoms with Crippen molar-refractivity contribution in [3.63, 3.8) is 0 Å². The zero-order valence-corrected chi connectivity index (χ0v) is 11.2. The van der Waals surface area contributed by atoms with E-state index in [-0.39, 0.29) is 23.4 Å². The molecule has 6 heteroatoms. The fraction of sp³-hybridized carbons (Fsp3) is 0.133. The number of carbonyl (C=O) groups is 1. The Morgan fingerprint density at radius 3 is 2.67 bits per heavy atom. The van der Waals surface area contributed by atoms with Crippen LogP contribution in [0.2, 0.25) is 0 Å². The molecule has 0 unspecified atom stereocenters. The maximum Gasteiger partial charge on any atom is 0.335 e. The van der Waals surface area contributed by atoms with Gasteiger partial charge in [-0.2, -0.15) is 0 Å². The third-order valence-corrected chi connectivity index (χ3v) is 2.93. The predicted octanol–water partition coefficient (Wildman–Crippen LogP) is 3.28. The number of nitrogens with one attached hydrogen (secondary N) is 1. The Morgan fingerprint density at radius 2 is 2.00 bits per heavy atom. The molecule has 4 nitrogen and oxygen atoms in total. The van der Waals surface area contributed by atoms with Gasteiger partial charge in [-0.1, -0.05) is 0 Å². The van der Waals surface area contributed by atoms with Gasteiger partial charge in [0.1, 0.15) is 17.4 Å². The van der Waals surface area contributed by atoms with Gasteiger partial charge in [-0.25, -0.2) is 13.6 Å². The summed E-state index contributed by atoms with van der Waals surface area (Å²) < 4.78 is 31.7. The van der Waals surface area contributed by atoms with E-state index in [1.165, 1.54) is 37.4 Å². The van der Waals surface area contributed by atoms with Crippen LogP contribution in [0.1, 0.15) is 15.9 Å². The molecule has 0 amide bonds. The van der Waals surface area contributed by atoms with E-state index in [4.69, 9.17) is 9.84 Å². The van der Waals surface area contributed by atoms with E-state index < -0.39 is 17.6 Å². The van der Waals surface area contributed by atoms with E-state index in [1.54, 1.807) is 0 Å². The van der Waals surface area contributed by atoms with Gasteiger partial charge in [-0.05, 0) is 30.3 Å². The van der Waals surface area contributed by atoms with Crippen LogP contribution in [0, 0.1) is 11.6 Å². The molecule has 0 heterocycles. The number of halogens is 2. The first-order valence-corrected chi connectivity index (χ1v) is 6.10. The fourth-order valence-electron chi connectivity index (χ4n) is 1.84. The lowest BCUT2D eigenvalue weighted by atomic mass is 10.1. The molecule has 0 spiro atoms. The van der Waals surface area contributed by atoms with Crippen molar-refractivity contribution in [1.82, 2.24) is 0 Å². The first-order valence-electron chi connectivity index (χ1n) is 6.10. The summed E-state index contributed by atoms with van der Waals surface area (Å²) in [5.41, 5.74) is 0.680. The molecule has 0 radical (unpaired) electrons. The monoisotopic (exact) mass is 293 g/mol. The number of carboxylic acid groups (broad SMARTS) is 1. The Labute approximate surface area is 120 Å². The number of hydrogen-bond donors (Lipinski definition) is 2. The Morgan fingerprint density at radius 1 is 1.24 bits per heavy atom. The van der Waals surface area contributed by atoms with Gasteiger partial charge in [-0.15, -0.1) is 0 Å². The summed E-state index contributed by atoms with van der Waals surface area (Å²) in [4.78, 5) is 10.9. The fourth-order valence-corrected chi connectivity index (χ4v) is 1.84. The Kier molecular flexibility index (Phi) is 4.37. The summed E-state index contributed by atoms with van der Waals surface area (Å²) in [5, 5.41) is 11.8. The molecule has 2 aromatic rings. The normalized spacial score (nSPS) is 10.2. The van der Waals surface area contributed by atoms with Crippen molar-refractivity contribution < 1.29 is 23.4 Å². The molecule has 110 valence electrons. The third kappa shape index (κ3) is 3.47. The zero-order chi connectivity index (χ0) is 15.4. The van der Waals surface area contributed by atoms with Crippen LogP contribution in [0.5, 0.6) is 5.75 Å². The average molecular weight is 293 g/mol. The number of rotatable bonds is 5. The van der Waals surface area contributed by atoms with Crippen molar-refractivity contribution >= 4 is 11.7 Å². The van der Waals surface area contributed by atoms with Crippen molar-refractivity contribution in [3.8, 4) is 5.75 Å². The minimum Gasteiger partial charge on any atom is -0.494 e. The number of anilines is 1. The quantitative estimate of drug-likeness (QED) is 0.888. The average Bonchev–Trinajstić information content (AvgIpc) is 2.47. The van der Waals surface area contributed by atoms with Crippen LogP contribution < -0.4 is 10.1 Å². The molecule has 0 aliphatic heterocycles. The van der Waals surface area contributed by atoms with Gasteiger partial charge in [0.25, 0.3) is 0 Å². The van der Waals surface area contributed by atoms with Gasteiger partial charge in [0.05, 0.1) is 18.4 Å². The molecule has 0 bridgehead atoms. The lowest BCUT2D eigenvalue weighted by Crippen LogP contribution is -2.06. The van der Waals surface area contributed by atoms with Crippen molar-refractivity contribution in [2.24, 2.45) is 0 Å². The molecule has 0 aliphatic carbocycles. The Bertz CT molecular complexity index is 674. The summed E-state index contributed by atoms with van der Waals surface area (Å²) in [6.07, 6.45) is 0. The van der Waals surface area contributed by atoms with Crippen molar-refractivity contribution in [2.45, 2.75) is 6.54 Å². The Balaban J connectivity index is 2.20. The first kappa shape index (κ1) is 14.8. The van der Waals surface area contributed by atoms with Crippen LogP contribution in [0.25, 0.3) is 0 Å². The number of hydrogen-bond acceptors (Lipinski definition) is 3. The molecule has 0 atom stereocenters. The predicted molar refractivity (Wildman–Crippen MR) is 73.6 cm³/mol. The summed E-state index contributed by atoms with van der Waals surface area (Å²) in [5.74, 6) is -1.81. The smallest absolute Gasteiger partial charge is 0.335 e. The minimum absolute atomic E-state index is 0.000675. The standard InChI is InChI=1S/C15H13F2NO3/c1-21-14-7-11(16)3-5-13(14)18-8-10-6-9(15(19)20)2-4-12(10)17/h2-7,18H,8H2,1H3,(H,19,20). The number of ether oxygens (including phenoxy) is 1. The van der Waals surface area contributed by atoms with E-state index in [0.29, 0.717) is 5.69 Å². The topological polar surface area (TPSA) is 58.6 Å². The second-order valence-corrected chi connectivity index (χ2v) is 4.31.